The van der Waals surface area contributed by atoms with Crippen LogP contribution in [0.5, 0.6) is 5.75 Å². The van der Waals surface area contributed by atoms with Crippen LogP contribution in [0.4, 0.5) is 10.5 Å². The van der Waals surface area contributed by atoms with Gasteiger partial charge in [-0.05, 0) is 12.1 Å². The summed E-state index contributed by atoms with van der Waals surface area (Å²) in [6.07, 6.45) is 0. The van der Waals surface area contributed by atoms with Crippen molar-refractivity contribution >= 4 is 29.3 Å². The minimum atomic E-state index is -1.12. The van der Waals surface area contributed by atoms with Crippen LogP contribution in [-0.4, -0.2) is 30.8 Å². The third kappa shape index (κ3) is 4.20. The summed E-state index contributed by atoms with van der Waals surface area (Å²) in [5.74, 6) is -0.698. The van der Waals surface area contributed by atoms with Crippen LogP contribution in [0.1, 0.15) is 0 Å². The first-order valence-electron chi connectivity index (χ1n) is 4.63. The molecule has 0 aromatic heterocycles. The summed E-state index contributed by atoms with van der Waals surface area (Å²) in [5.41, 5.74) is 0.453. The number of urea groups is 1. The van der Waals surface area contributed by atoms with Crippen molar-refractivity contribution in [2.24, 2.45) is 0 Å². The Bertz CT molecular complexity index is 436. The van der Waals surface area contributed by atoms with Crippen LogP contribution >= 0.6 is 11.6 Å². The van der Waals surface area contributed by atoms with Crippen molar-refractivity contribution in [1.82, 2.24) is 5.32 Å². The first kappa shape index (κ1) is 13.1. The molecule has 0 saturated heterocycles. The van der Waals surface area contributed by atoms with Crippen molar-refractivity contribution in [2.45, 2.75) is 0 Å². The summed E-state index contributed by atoms with van der Waals surface area (Å²) in [5, 5.41) is 13.4. The molecule has 0 radical (unpaired) electrons. The van der Waals surface area contributed by atoms with Crippen LogP contribution in [0.15, 0.2) is 18.2 Å². The van der Waals surface area contributed by atoms with Gasteiger partial charge in [0.15, 0.2) is 0 Å². The molecule has 1 aromatic carbocycles. The Kier molecular flexibility index (Phi) is 4.59. The monoisotopic (exact) mass is 258 g/mol. The number of methoxy groups -OCH3 is 1. The van der Waals surface area contributed by atoms with E-state index in [0.29, 0.717) is 16.5 Å². The smallest absolute Gasteiger partial charge is 0.323 e. The summed E-state index contributed by atoms with van der Waals surface area (Å²) in [6, 6.07) is 4.05. The predicted molar refractivity (Wildman–Crippen MR) is 62.7 cm³/mol. The maximum atomic E-state index is 11.2. The highest BCUT2D eigenvalue weighted by atomic mass is 35.5. The van der Waals surface area contributed by atoms with E-state index in [9.17, 15) is 9.59 Å². The number of rotatable bonds is 4. The number of ether oxygens (including phenoxy) is 1. The minimum absolute atomic E-state index is 0.419. The highest BCUT2D eigenvalue weighted by Crippen LogP contribution is 2.27. The number of nitrogens with one attached hydrogen (secondary N) is 2. The van der Waals surface area contributed by atoms with Crippen molar-refractivity contribution in [3.8, 4) is 5.75 Å². The highest BCUT2D eigenvalue weighted by molar-refractivity contribution is 6.32. The quantitative estimate of drug-likeness (QED) is 0.765. The number of hydrogen-bond acceptors (Lipinski definition) is 3. The van der Waals surface area contributed by atoms with E-state index in [0.717, 1.165) is 0 Å². The lowest BCUT2D eigenvalue weighted by molar-refractivity contribution is -0.135. The number of aliphatic carboxylic acids is 1. The number of carboxylic acid groups (broad SMARTS) is 1. The summed E-state index contributed by atoms with van der Waals surface area (Å²) in [4.78, 5) is 21.5. The van der Waals surface area contributed by atoms with Gasteiger partial charge in [0.25, 0.3) is 0 Å². The molecule has 1 rings (SSSR count). The standard InChI is InChI=1S/C10H11ClN2O4/c1-17-8-4-6(2-3-7(8)11)13-10(16)12-5-9(14)15/h2-4H,5H2,1H3,(H,14,15)(H2,12,13,16). The van der Waals surface area contributed by atoms with Gasteiger partial charge >= 0.3 is 12.0 Å². The minimum Gasteiger partial charge on any atom is -0.495 e. The Morgan fingerprint density at radius 2 is 2.18 bits per heavy atom. The SMILES string of the molecule is COc1cc(NC(=O)NCC(=O)O)ccc1Cl. The Morgan fingerprint density at radius 3 is 2.76 bits per heavy atom. The van der Waals surface area contributed by atoms with Crippen molar-refractivity contribution in [3.05, 3.63) is 23.2 Å². The molecule has 0 atom stereocenters. The molecular weight excluding hydrogens is 248 g/mol. The average molecular weight is 259 g/mol. The number of benzene rings is 1. The van der Waals surface area contributed by atoms with Crippen LogP contribution in [0.3, 0.4) is 0 Å². The normalized spacial score (nSPS) is 9.53. The molecule has 0 aliphatic heterocycles. The van der Waals surface area contributed by atoms with Gasteiger partial charge in [-0.1, -0.05) is 11.6 Å². The van der Waals surface area contributed by atoms with Crippen molar-refractivity contribution in [3.63, 3.8) is 0 Å². The van der Waals surface area contributed by atoms with E-state index in [-0.39, 0.29) is 0 Å². The molecule has 0 heterocycles. The van der Waals surface area contributed by atoms with Crippen molar-refractivity contribution in [2.75, 3.05) is 19.0 Å². The number of halogens is 1. The lowest BCUT2D eigenvalue weighted by atomic mass is 10.3. The maximum absolute atomic E-state index is 11.2. The van der Waals surface area contributed by atoms with E-state index >= 15 is 0 Å². The van der Waals surface area contributed by atoms with Gasteiger partial charge in [-0.25, -0.2) is 4.79 Å². The third-order valence-corrected chi connectivity index (χ3v) is 2.12. The number of carboxylic acids is 1. The molecule has 0 unspecified atom stereocenters. The van der Waals surface area contributed by atoms with E-state index < -0.39 is 18.5 Å². The third-order valence-electron chi connectivity index (χ3n) is 1.81. The predicted octanol–water partition coefficient (Wildman–Crippen LogP) is 1.55. The molecule has 0 spiro atoms. The van der Waals surface area contributed by atoms with Crippen LogP contribution in [0.25, 0.3) is 0 Å². The van der Waals surface area contributed by atoms with Gasteiger partial charge in [-0.3, -0.25) is 4.79 Å². The fraction of sp³-hybridized carbons (Fsp3) is 0.200. The summed E-state index contributed by atoms with van der Waals surface area (Å²) in [7, 11) is 1.45. The summed E-state index contributed by atoms with van der Waals surface area (Å²) in [6.45, 7) is -0.448. The Hall–Kier alpha value is -1.95. The van der Waals surface area contributed by atoms with Crippen LogP contribution < -0.4 is 15.4 Å². The maximum Gasteiger partial charge on any atom is 0.323 e. The average Bonchev–Trinajstić information content (AvgIpc) is 2.29. The van der Waals surface area contributed by atoms with E-state index in [4.69, 9.17) is 21.4 Å². The van der Waals surface area contributed by atoms with Gasteiger partial charge in [0.2, 0.25) is 0 Å². The zero-order valence-corrected chi connectivity index (χ0v) is 9.75. The second kappa shape index (κ2) is 5.95. The lowest BCUT2D eigenvalue weighted by Gasteiger charge is -2.08. The molecule has 6 nitrogen and oxygen atoms in total. The number of amides is 2. The molecule has 0 saturated carbocycles. The molecule has 92 valence electrons. The Labute approximate surface area is 103 Å². The van der Waals surface area contributed by atoms with E-state index in [2.05, 4.69) is 10.6 Å². The van der Waals surface area contributed by atoms with Crippen LogP contribution in [0, 0.1) is 0 Å². The molecule has 0 aliphatic carbocycles. The number of carbonyl (C=O) groups is 2. The van der Waals surface area contributed by atoms with Crippen LogP contribution in [0.2, 0.25) is 5.02 Å². The van der Waals surface area contributed by atoms with Gasteiger partial charge in [0.1, 0.15) is 12.3 Å². The first-order chi connectivity index (χ1) is 8.02. The largest absolute Gasteiger partial charge is 0.495 e. The van der Waals surface area contributed by atoms with E-state index in [1.165, 1.54) is 13.2 Å². The highest BCUT2D eigenvalue weighted by Gasteiger charge is 2.06. The van der Waals surface area contributed by atoms with E-state index in [1.54, 1.807) is 12.1 Å². The van der Waals surface area contributed by atoms with Gasteiger partial charge in [-0.2, -0.15) is 0 Å². The molecule has 0 aliphatic rings. The Balaban J connectivity index is 2.62. The number of anilines is 1. The summed E-state index contributed by atoms with van der Waals surface area (Å²) < 4.78 is 4.97. The topological polar surface area (TPSA) is 87.7 Å². The summed E-state index contributed by atoms with van der Waals surface area (Å²) >= 11 is 5.80. The Morgan fingerprint density at radius 1 is 1.47 bits per heavy atom. The van der Waals surface area contributed by atoms with Crippen molar-refractivity contribution in [1.29, 1.82) is 0 Å². The van der Waals surface area contributed by atoms with Gasteiger partial charge in [-0.15, -0.1) is 0 Å². The first-order valence-corrected chi connectivity index (χ1v) is 5.01. The molecule has 2 amide bonds. The second-order valence-corrected chi connectivity index (χ2v) is 3.46. The zero-order chi connectivity index (χ0) is 12.8. The zero-order valence-electron chi connectivity index (χ0n) is 8.99. The van der Waals surface area contributed by atoms with E-state index in [1.807, 2.05) is 0 Å². The molecule has 1 aromatic rings. The van der Waals surface area contributed by atoms with Gasteiger partial charge < -0.3 is 20.5 Å². The van der Waals surface area contributed by atoms with Crippen molar-refractivity contribution < 1.29 is 19.4 Å². The van der Waals surface area contributed by atoms with Gasteiger partial charge in [0, 0.05) is 11.8 Å². The molecular formula is C10H11ClN2O4. The fourth-order valence-corrected chi connectivity index (χ4v) is 1.26. The molecule has 3 N–H and O–H groups in total. The van der Waals surface area contributed by atoms with Gasteiger partial charge in [0.05, 0.1) is 12.1 Å². The number of carbonyl (C=O) groups excluding carboxylic acids is 1. The second-order valence-electron chi connectivity index (χ2n) is 3.05. The molecule has 7 heteroatoms. The molecule has 17 heavy (non-hydrogen) atoms. The molecule has 0 fully saturated rings. The number of hydrogen-bond donors (Lipinski definition) is 3. The van der Waals surface area contributed by atoms with Crippen LogP contribution in [-0.2, 0) is 4.79 Å². The molecule has 0 bridgehead atoms. The fourth-order valence-electron chi connectivity index (χ4n) is 1.07. The lowest BCUT2D eigenvalue weighted by Crippen LogP contribution is -2.33.